The van der Waals surface area contributed by atoms with Crippen molar-refractivity contribution in [2.75, 3.05) is 4.90 Å². The van der Waals surface area contributed by atoms with Gasteiger partial charge in [-0.15, -0.1) is 0 Å². The van der Waals surface area contributed by atoms with Crippen molar-refractivity contribution in [2.24, 2.45) is 0 Å². The molecule has 10 aromatic rings. The standard InChI is InChI=1S/C46H31N3/c1-2-18-35(19-3-1)48-43-24-10-11-25-44(43)49-42-23-9-8-22-39(42)45(46(48)49)34-28-30-36(31-29-34)47(40-26-12-16-32-14-4-6-20-37(32)40)41-27-13-17-33-15-5-7-21-38(33)41/h1-31H. The molecule has 10 rings (SSSR count). The molecule has 49 heavy (non-hydrogen) atoms. The first-order chi connectivity index (χ1) is 24.3. The minimum absolute atomic E-state index is 1.11. The molecule has 0 saturated carbocycles. The highest BCUT2D eigenvalue weighted by Crippen LogP contribution is 2.44. The van der Waals surface area contributed by atoms with E-state index in [0.29, 0.717) is 0 Å². The van der Waals surface area contributed by atoms with E-state index in [9.17, 15) is 0 Å². The zero-order valence-electron chi connectivity index (χ0n) is 26.7. The van der Waals surface area contributed by atoms with Crippen molar-refractivity contribution in [3.05, 3.63) is 188 Å². The molecule has 0 aliphatic carbocycles. The normalized spacial score (nSPS) is 11.7. The van der Waals surface area contributed by atoms with Crippen LogP contribution in [0.4, 0.5) is 17.1 Å². The number of benzene rings is 8. The van der Waals surface area contributed by atoms with E-state index in [0.717, 1.165) is 22.7 Å². The van der Waals surface area contributed by atoms with Gasteiger partial charge in [0.05, 0.1) is 27.9 Å². The fourth-order valence-corrected chi connectivity index (χ4v) is 7.75. The van der Waals surface area contributed by atoms with Crippen LogP contribution in [-0.4, -0.2) is 8.97 Å². The van der Waals surface area contributed by atoms with Gasteiger partial charge in [-0.05, 0) is 70.9 Å². The summed E-state index contributed by atoms with van der Waals surface area (Å²) < 4.78 is 4.84. The molecule has 0 aliphatic heterocycles. The summed E-state index contributed by atoms with van der Waals surface area (Å²) in [6.45, 7) is 0. The lowest BCUT2D eigenvalue weighted by atomic mass is 10.0. The summed E-state index contributed by atoms with van der Waals surface area (Å²) in [5, 5.41) is 6.11. The van der Waals surface area contributed by atoms with E-state index >= 15 is 0 Å². The van der Waals surface area contributed by atoms with E-state index in [2.05, 4.69) is 202 Å². The molecule has 0 saturated heterocycles. The summed E-state index contributed by atoms with van der Waals surface area (Å²) in [4.78, 5) is 2.42. The molecule has 0 amide bonds. The van der Waals surface area contributed by atoms with Gasteiger partial charge in [-0.25, -0.2) is 0 Å². The minimum atomic E-state index is 1.11. The van der Waals surface area contributed by atoms with Crippen LogP contribution in [0.3, 0.4) is 0 Å². The van der Waals surface area contributed by atoms with Crippen molar-refractivity contribution in [1.29, 1.82) is 0 Å². The highest BCUT2D eigenvalue weighted by atomic mass is 15.2. The summed E-state index contributed by atoms with van der Waals surface area (Å²) >= 11 is 0. The molecule has 0 spiro atoms. The second-order valence-corrected chi connectivity index (χ2v) is 12.6. The van der Waals surface area contributed by atoms with Crippen LogP contribution < -0.4 is 4.90 Å². The number of imidazole rings is 1. The molecule has 0 unspecified atom stereocenters. The third kappa shape index (κ3) is 4.23. The van der Waals surface area contributed by atoms with E-state index in [1.807, 2.05) is 0 Å². The van der Waals surface area contributed by atoms with E-state index in [1.165, 1.54) is 60.3 Å². The van der Waals surface area contributed by atoms with Gasteiger partial charge in [0.15, 0.2) is 0 Å². The second-order valence-electron chi connectivity index (χ2n) is 12.6. The van der Waals surface area contributed by atoms with Crippen molar-refractivity contribution in [1.82, 2.24) is 8.97 Å². The number of nitrogens with zero attached hydrogens (tertiary/aromatic N) is 3. The molecule has 0 radical (unpaired) electrons. The molecule has 3 nitrogen and oxygen atoms in total. The van der Waals surface area contributed by atoms with Crippen molar-refractivity contribution in [3.8, 4) is 16.8 Å². The Morgan fingerprint density at radius 3 is 1.53 bits per heavy atom. The molecule has 0 atom stereocenters. The molecular weight excluding hydrogens is 595 g/mol. The van der Waals surface area contributed by atoms with Gasteiger partial charge in [-0.1, -0.05) is 133 Å². The fraction of sp³-hybridized carbons (Fsp3) is 0. The van der Waals surface area contributed by atoms with Crippen LogP contribution in [0.2, 0.25) is 0 Å². The average Bonchev–Trinajstić information content (AvgIpc) is 3.68. The Hall–Kier alpha value is -6.58. The van der Waals surface area contributed by atoms with Gasteiger partial charge >= 0.3 is 0 Å². The molecule has 2 aromatic heterocycles. The van der Waals surface area contributed by atoms with Crippen molar-refractivity contribution >= 4 is 66.2 Å². The Morgan fingerprint density at radius 2 is 0.878 bits per heavy atom. The summed E-state index contributed by atoms with van der Waals surface area (Å²) in [7, 11) is 0. The van der Waals surface area contributed by atoms with Gasteiger partial charge in [-0.2, -0.15) is 0 Å². The van der Waals surface area contributed by atoms with Crippen LogP contribution in [0.5, 0.6) is 0 Å². The van der Waals surface area contributed by atoms with Crippen molar-refractivity contribution in [2.45, 2.75) is 0 Å². The van der Waals surface area contributed by atoms with Gasteiger partial charge in [0.1, 0.15) is 5.65 Å². The second kappa shape index (κ2) is 11.0. The van der Waals surface area contributed by atoms with Gasteiger partial charge in [0, 0.05) is 33.1 Å². The number of rotatable bonds is 5. The number of aromatic nitrogens is 2. The maximum absolute atomic E-state index is 2.43. The Labute approximate surface area is 284 Å². The average molecular weight is 626 g/mol. The van der Waals surface area contributed by atoms with E-state index < -0.39 is 0 Å². The van der Waals surface area contributed by atoms with Crippen LogP contribution in [0.1, 0.15) is 0 Å². The third-order valence-electron chi connectivity index (χ3n) is 9.87. The third-order valence-corrected chi connectivity index (χ3v) is 9.87. The topological polar surface area (TPSA) is 12.6 Å². The number of hydrogen-bond donors (Lipinski definition) is 0. The number of para-hydroxylation sites is 4. The smallest absolute Gasteiger partial charge is 0.131 e. The number of fused-ring (bicyclic) bond motifs is 7. The van der Waals surface area contributed by atoms with Crippen LogP contribution in [0.25, 0.3) is 65.9 Å². The highest BCUT2D eigenvalue weighted by molar-refractivity contribution is 6.10. The predicted molar refractivity (Wildman–Crippen MR) is 207 cm³/mol. The first-order valence-corrected chi connectivity index (χ1v) is 16.8. The summed E-state index contributed by atoms with van der Waals surface area (Å²) in [6.07, 6.45) is 0. The first kappa shape index (κ1) is 27.5. The minimum Gasteiger partial charge on any atom is -0.309 e. The first-order valence-electron chi connectivity index (χ1n) is 16.8. The molecule has 0 N–H and O–H groups in total. The number of anilines is 3. The molecule has 0 fully saturated rings. The summed E-state index contributed by atoms with van der Waals surface area (Å²) in [5.74, 6) is 0. The molecule has 0 aliphatic rings. The monoisotopic (exact) mass is 625 g/mol. The van der Waals surface area contributed by atoms with Crippen LogP contribution >= 0.6 is 0 Å². The summed E-state index contributed by atoms with van der Waals surface area (Å²) in [6, 6.07) is 67.9. The quantitative estimate of drug-likeness (QED) is 0.185. The largest absolute Gasteiger partial charge is 0.309 e. The fourth-order valence-electron chi connectivity index (χ4n) is 7.75. The Bertz CT molecular complexity index is 2730. The van der Waals surface area contributed by atoms with Crippen LogP contribution in [-0.2, 0) is 0 Å². The molecule has 8 aromatic carbocycles. The Morgan fingerprint density at radius 1 is 0.367 bits per heavy atom. The maximum Gasteiger partial charge on any atom is 0.131 e. The van der Waals surface area contributed by atoms with Crippen molar-refractivity contribution < 1.29 is 0 Å². The summed E-state index contributed by atoms with van der Waals surface area (Å²) in [5.41, 5.74) is 11.7. The SMILES string of the molecule is c1ccc(-n2c3ccccc3n3c4ccccc4c(-c4ccc(N(c5cccc6ccccc56)c5cccc6ccccc56)cc4)c23)cc1. The Balaban J connectivity index is 1.23. The molecule has 3 heteroatoms. The van der Waals surface area contributed by atoms with Crippen molar-refractivity contribution in [3.63, 3.8) is 0 Å². The molecule has 230 valence electrons. The highest BCUT2D eigenvalue weighted by Gasteiger charge is 2.23. The van der Waals surface area contributed by atoms with E-state index in [1.54, 1.807) is 0 Å². The van der Waals surface area contributed by atoms with Gasteiger partial charge in [-0.3, -0.25) is 8.97 Å². The van der Waals surface area contributed by atoms with Crippen LogP contribution in [0.15, 0.2) is 188 Å². The zero-order valence-corrected chi connectivity index (χ0v) is 26.7. The number of hydrogen-bond acceptors (Lipinski definition) is 1. The lowest BCUT2D eigenvalue weighted by Crippen LogP contribution is -2.11. The van der Waals surface area contributed by atoms with Gasteiger partial charge < -0.3 is 4.90 Å². The van der Waals surface area contributed by atoms with Gasteiger partial charge in [0.2, 0.25) is 0 Å². The molecule has 0 bridgehead atoms. The maximum atomic E-state index is 2.43. The Kier molecular flexibility index (Phi) is 6.18. The van der Waals surface area contributed by atoms with E-state index in [4.69, 9.17) is 0 Å². The van der Waals surface area contributed by atoms with Crippen LogP contribution in [0, 0.1) is 0 Å². The molecule has 2 heterocycles. The molecular formula is C46H31N3. The lowest BCUT2D eigenvalue weighted by molar-refractivity contribution is 1.15. The zero-order chi connectivity index (χ0) is 32.3. The van der Waals surface area contributed by atoms with Gasteiger partial charge in [0.25, 0.3) is 0 Å². The lowest BCUT2D eigenvalue weighted by Gasteiger charge is -2.28. The van der Waals surface area contributed by atoms with E-state index in [-0.39, 0.29) is 0 Å². The predicted octanol–water partition coefficient (Wildman–Crippen LogP) is 12.5.